The molecule has 0 aromatic carbocycles. The Morgan fingerprint density at radius 3 is 2.75 bits per heavy atom. The van der Waals surface area contributed by atoms with E-state index in [-0.39, 0.29) is 0 Å². The number of rotatable bonds is 5. The van der Waals surface area contributed by atoms with E-state index in [2.05, 4.69) is 14.2 Å². The summed E-state index contributed by atoms with van der Waals surface area (Å²) >= 11 is 0. The zero-order valence-corrected chi connectivity index (χ0v) is 5.81. The van der Waals surface area contributed by atoms with Crippen molar-refractivity contribution in [2.45, 2.75) is 26.0 Å². The molecule has 8 heavy (non-hydrogen) atoms. The van der Waals surface area contributed by atoms with Crippen LogP contribution in [0.15, 0.2) is 0 Å². The third kappa shape index (κ3) is 6.02. The standard InChI is InChI=1S/C6H14BO/c1-3-7-5-4-6-8-2/h3-6H2,1-2H3. The van der Waals surface area contributed by atoms with Crippen LogP contribution >= 0.6 is 0 Å². The second kappa shape index (κ2) is 7.02. The van der Waals surface area contributed by atoms with Crippen molar-refractivity contribution < 1.29 is 4.74 Å². The van der Waals surface area contributed by atoms with Crippen LogP contribution in [-0.2, 0) is 4.74 Å². The van der Waals surface area contributed by atoms with E-state index in [9.17, 15) is 0 Å². The normalized spacial score (nSPS) is 9.25. The van der Waals surface area contributed by atoms with Crippen LogP contribution in [0.5, 0.6) is 0 Å². The second-order valence-corrected chi connectivity index (χ2v) is 1.83. The molecule has 0 saturated carbocycles. The minimum absolute atomic E-state index is 0.899. The number of methoxy groups -OCH3 is 1. The summed E-state index contributed by atoms with van der Waals surface area (Å²) in [6.45, 7) is 3.06. The number of hydrogen-bond acceptors (Lipinski definition) is 1. The molecule has 0 heterocycles. The van der Waals surface area contributed by atoms with Crippen molar-refractivity contribution in [2.75, 3.05) is 13.7 Å². The maximum absolute atomic E-state index is 4.87. The third-order valence-corrected chi connectivity index (χ3v) is 1.05. The van der Waals surface area contributed by atoms with E-state index in [1.807, 2.05) is 0 Å². The molecule has 0 fully saturated rings. The van der Waals surface area contributed by atoms with Gasteiger partial charge in [-0.15, -0.1) is 0 Å². The Labute approximate surface area is 52.7 Å². The summed E-state index contributed by atoms with van der Waals surface area (Å²) < 4.78 is 4.87. The van der Waals surface area contributed by atoms with Gasteiger partial charge < -0.3 is 4.74 Å². The monoisotopic (exact) mass is 113 g/mol. The molecule has 2 heteroatoms. The first-order chi connectivity index (χ1) is 3.91. The van der Waals surface area contributed by atoms with Gasteiger partial charge in [-0.1, -0.05) is 19.6 Å². The van der Waals surface area contributed by atoms with Crippen molar-refractivity contribution in [3.8, 4) is 0 Å². The molecule has 0 aromatic rings. The van der Waals surface area contributed by atoms with Crippen LogP contribution in [0, 0.1) is 0 Å². The predicted molar refractivity (Wildman–Crippen MR) is 37.5 cm³/mol. The van der Waals surface area contributed by atoms with Gasteiger partial charge in [0.1, 0.15) is 7.28 Å². The lowest BCUT2D eigenvalue weighted by Crippen LogP contribution is -1.91. The molecular formula is C6H14BO. The third-order valence-electron chi connectivity index (χ3n) is 1.05. The van der Waals surface area contributed by atoms with Crippen molar-refractivity contribution in [1.82, 2.24) is 0 Å². The van der Waals surface area contributed by atoms with E-state index in [0.29, 0.717) is 0 Å². The summed E-state index contributed by atoms with van der Waals surface area (Å²) in [6, 6.07) is 0. The van der Waals surface area contributed by atoms with Gasteiger partial charge in [0.2, 0.25) is 0 Å². The average molecular weight is 113 g/mol. The zero-order chi connectivity index (χ0) is 6.24. The average Bonchev–Trinajstić information content (AvgIpc) is 1.81. The van der Waals surface area contributed by atoms with E-state index < -0.39 is 0 Å². The molecule has 0 saturated heterocycles. The van der Waals surface area contributed by atoms with E-state index in [4.69, 9.17) is 4.74 Å². The fraction of sp³-hybridized carbons (Fsp3) is 1.00. The first kappa shape index (κ1) is 8.02. The van der Waals surface area contributed by atoms with Crippen LogP contribution in [0.2, 0.25) is 12.6 Å². The molecule has 0 aliphatic rings. The van der Waals surface area contributed by atoms with Gasteiger partial charge in [-0.3, -0.25) is 0 Å². The Morgan fingerprint density at radius 1 is 1.50 bits per heavy atom. The predicted octanol–water partition coefficient (Wildman–Crippen LogP) is 1.58. The van der Waals surface area contributed by atoms with Crippen LogP contribution in [-0.4, -0.2) is 21.0 Å². The van der Waals surface area contributed by atoms with Gasteiger partial charge in [0.25, 0.3) is 0 Å². The maximum atomic E-state index is 4.87. The van der Waals surface area contributed by atoms with E-state index in [0.717, 1.165) is 6.61 Å². The molecule has 0 spiro atoms. The second-order valence-electron chi connectivity index (χ2n) is 1.83. The summed E-state index contributed by atoms with van der Waals surface area (Å²) in [5.41, 5.74) is 0. The highest BCUT2D eigenvalue weighted by molar-refractivity contribution is 6.35. The fourth-order valence-electron chi connectivity index (χ4n) is 0.576. The Kier molecular flexibility index (Phi) is 7.05. The highest BCUT2D eigenvalue weighted by atomic mass is 16.5. The maximum Gasteiger partial charge on any atom is 0.109 e. The van der Waals surface area contributed by atoms with Gasteiger partial charge in [0.15, 0.2) is 0 Å². The summed E-state index contributed by atoms with van der Waals surface area (Å²) in [5.74, 6) is 0. The highest BCUT2D eigenvalue weighted by Crippen LogP contribution is 1.90. The van der Waals surface area contributed by atoms with Gasteiger partial charge in [-0.25, -0.2) is 0 Å². The molecule has 47 valence electrons. The quantitative estimate of drug-likeness (QED) is 0.388. The molecule has 1 nitrogen and oxygen atoms in total. The molecule has 0 aliphatic carbocycles. The molecule has 0 unspecified atom stereocenters. The van der Waals surface area contributed by atoms with Gasteiger partial charge in [0, 0.05) is 13.7 Å². The van der Waals surface area contributed by atoms with E-state index >= 15 is 0 Å². The summed E-state index contributed by atoms with van der Waals surface area (Å²) in [7, 11) is 4.02. The topological polar surface area (TPSA) is 9.23 Å². The van der Waals surface area contributed by atoms with Crippen LogP contribution in [0.1, 0.15) is 13.3 Å². The Bertz CT molecular complexity index is 33.5. The smallest absolute Gasteiger partial charge is 0.109 e. The minimum atomic E-state index is 0.899. The van der Waals surface area contributed by atoms with Crippen molar-refractivity contribution in [1.29, 1.82) is 0 Å². The van der Waals surface area contributed by atoms with Crippen LogP contribution in [0.25, 0.3) is 0 Å². The first-order valence-electron chi connectivity index (χ1n) is 3.22. The van der Waals surface area contributed by atoms with Gasteiger partial charge in [-0.2, -0.15) is 0 Å². The van der Waals surface area contributed by atoms with Crippen molar-refractivity contribution in [3.63, 3.8) is 0 Å². The van der Waals surface area contributed by atoms with Gasteiger partial charge >= 0.3 is 0 Å². The SMILES string of the molecule is CC[B]CCCOC. The van der Waals surface area contributed by atoms with E-state index in [1.54, 1.807) is 7.11 Å². The fourth-order valence-corrected chi connectivity index (χ4v) is 0.576. The molecule has 0 rings (SSSR count). The first-order valence-corrected chi connectivity index (χ1v) is 3.22. The van der Waals surface area contributed by atoms with E-state index in [1.165, 1.54) is 19.1 Å². The van der Waals surface area contributed by atoms with Crippen LogP contribution < -0.4 is 0 Å². The lowest BCUT2D eigenvalue weighted by atomic mass is 9.71. The molecule has 0 aliphatic heterocycles. The van der Waals surface area contributed by atoms with Crippen molar-refractivity contribution >= 4 is 7.28 Å². The van der Waals surface area contributed by atoms with Crippen LogP contribution in [0.4, 0.5) is 0 Å². The molecule has 1 radical (unpaired) electrons. The Hall–Kier alpha value is 0.0249. The Morgan fingerprint density at radius 2 is 2.25 bits per heavy atom. The summed E-state index contributed by atoms with van der Waals surface area (Å²) in [5, 5.41) is 0. The minimum Gasteiger partial charge on any atom is -0.385 e. The number of ether oxygens (including phenoxy) is 1. The molecule has 0 bridgehead atoms. The van der Waals surface area contributed by atoms with Crippen molar-refractivity contribution in [3.05, 3.63) is 0 Å². The zero-order valence-electron chi connectivity index (χ0n) is 5.81. The molecule has 0 N–H and O–H groups in total. The Balaban J connectivity index is 2.53. The van der Waals surface area contributed by atoms with Crippen molar-refractivity contribution in [2.24, 2.45) is 0 Å². The molecular weight excluding hydrogens is 98.9 g/mol. The van der Waals surface area contributed by atoms with Gasteiger partial charge in [-0.05, 0) is 6.42 Å². The molecule has 0 amide bonds. The van der Waals surface area contributed by atoms with Crippen LogP contribution in [0.3, 0.4) is 0 Å². The number of hydrogen-bond donors (Lipinski definition) is 0. The molecule has 0 aromatic heterocycles. The summed E-state index contributed by atoms with van der Waals surface area (Å²) in [4.78, 5) is 0. The molecule has 0 atom stereocenters. The highest BCUT2D eigenvalue weighted by Gasteiger charge is 1.85. The van der Waals surface area contributed by atoms with Gasteiger partial charge in [0.05, 0.1) is 0 Å². The lowest BCUT2D eigenvalue weighted by molar-refractivity contribution is 0.199. The lowest BCUT2D eigenvalue weighted by Gasteiger charge is -1.94. The summed E-state index contributed by atoms with van der Waals surface area (Å²) in [6.07, 6.45) is 3.55. The largest absolute Gasteiger partial charge is 0.385 e.